The van der Waals surface area contributed by atoms with Gasteiger partial charge < -0.3 is 15.4 Å². The third kappa shape index (κ3) is 5.63. The molecular formula is C16H25N3O2. The molecule has 0 radical (unpaired) electrons. The SMILES string of the molecule is CC(C)(C)OC(=O)Nc1cccc(NCC2CCCN2)c1. The Hall–Kier alpha value is -1.75. The highest BCUT2D eigenvalue weighted by atomic mass is 16.6. The van der Waals surface area contributed by atoms with Crippen LogP contribution in [0.15, 0.2) is 24.3 Å². The molecule has 1 aromatic rings. The average Bonchev–Trinajstić information content (AvgIpc) is 2.87. The van der Waals surface area contributed by atoms with Crippen LogP contribution in [0.1, 0.15) is 33.6 Å². The predicted molar refractivity (Wildman–Crippen MR) is 85.8 cm³/mol. The van der Waals surface area contributed by atoms with Crippen molar-refractivity contribution in [2.45, 2.75) is 45.3 Å². The molecule has 1 heterocycles. The van der Waals surface area contributed by atoms with Gasteiger partial charge in [0.25, 0.3) is 0 Å². The van der Waals surface area contributed by atoms with E-state index in [9.17, 15) is 4.79 Å². The lowest BCUT2D eigenvalue weighted by atomic mass is 10.2. The second-order valence-corrected chi connectivity index (χ2v) is 6.38. The van der Waals surface area contributed by atoms with Crippen molar-refractivity contribution in [3.8, 4) is 0 Å². The van der Waals surface area contributed by atoms with Crippen molar-refractivity contribution in [1.82, 2.24) is 5.32 Å². The number of nitrogens with one attached hydrogen (secondary N) is 3. The van der Waals surface area contributed by atoms with Crippen LogP contribution < -0.4 is 16.0 Å². The van der Waals surface area contributed by atoms with Gasteiger partial charge >= 0.3 is 6.09 Å². The van der Waals surface area contributed by atoms with Crippen molar-refractivity contribution in [1.29, 1.82) is 0 Å². The topological polar surface area (TPSA) is 62.4 Å². The molecule has 1 saturated heterocycles. The molecule has 1 aliphatic rings. The largest absolute Gasteiger partial charge is 0.444 e. The number of rotatable bonds is 4. The van der Waals surface area contributed by atoms with E-state index >= 15 is 0 Å². The van der Waals surface area contributed by atoms with Crippen LogP contribution in [0.2, 0.25) is 0 Å². The Morgan fingerprint density at radius 1 is 1.38 bits per heavy atom. The lowest BCUT2D eigenvalue weighted by Crippen LogP contribution is -2.29. The van der Waals surface area contributed by atoms with Gasteiger partial charge in [0.1, 0.15) is 5.60 Å². The van der Waals surface area contributed by atoms with Crippen molar-refractivity contribution in [3.05, 3.63) is 24.3 Å². The Kier molecular flexibility index (Phi) is 5.07. The first-order valence-electron chi connectivity index (χ1n) is 7.50. The molecule has 5 nitrogen and oxygen atoms in total. The van der Waals surface area contributed by atoms with Crippen LogP contribution in [0.4, 0.5) is 16.2 Å². The minimum absolute atomic E-state index is 0.433. The van der Waals surface area contributed by atoms with Crippen molar-refractivity contribution < 1.29 is 9.53 Å². The predicted octanol–water partition coefficient (Wildman–Crippen LogP) is 3.20. The Balaban J connectivity index is 1.86. The summed E-state index contributed by atoms with van der Waals surface area (Å²) in [6.45, 7) is 7.54. The van der Waals surface area contributed by atoms with Gasteiger partial charge in [0.2, 0.25) is 0 Å². The summed E-state index contributed by atoms with van der Waals surface area (Å²) < 4.78 is 5.24. The highest BCUT2D eigenvalue weighted by Crippen LogP contribution is 2.17. The lowest BCUT2D eigenvalue weighted by Gasteiger charge is -2.20. The molecule has 1 atom stereocenters. The minimum Gasteiger partial charge on any atom is -0.444 e. The first-order valence-corrected chi connectivity index (χ1v) is 7.50. The smallest absolute Gasteiger partial charge is 0.412 e. The van der Waals surface area contributed by atoms with Crippen LogP contribution in [0.3, 0.4) is 0 Å². The number of ether oxygens (including phenoxy) is 1. The average molecular weight is 291 g/mol. The van der Waals surface area contributed by atoms with Crippen molar-refractivity contribution in [2.75, 3.05) is 23.7 Å². The van der Waals surface area contributed by atoms with Gasteiger partial charge in [0.05, 0.1) is 0 Å². The molecule has 1 unspecified atom stereocenters. The first kappa shape index (κ1) is 15.6. The van der Waals surface area contributed by atoms with Crippen molar-refractivity contribution >= 4 is 17.5 Å². The summed E-state index contributed by atoms with van der Waals surface area (Å²) in [6.07, 6.45) is 2.02. The molecule has 1 aliphatic heterocycles. The molecular weight excluding hydrogens is 266 g/mol. The summed E-state index contributed by atoms with van der Waals surface area (Å²) >= 11 is 0. The maximum Gasteiger partial charge on any atom is 0.412 e. The highest BCUT2D eigenvalue weighted by molar-refractivity contribution is 5.85. The maximum atomic E-state index is 11.7. The Bertz CT molecular complexity index is 477. The zero-order valence-electron chi connectivity index (χ0n) is 13.0. The third-order valence-electron chi connectivity index (χ3n) is 3.22. The summed E-state index contributed by atoms with van der Waals surface area (Å²) in [5.41, 5.74) is 1.24. The number of carbonyl (C=O) groups is 1. The molecule has 116 valence electrons. The summed E-state index contributed by atoms with van der Waals surface area (Å²) in [4.78, 5) is 11.7. The van der Waals surface area contributed by atoms with E-state index in [0.717, 1.165) is 24.5 Å². The Labute approximate surface area is 126 Å². The molecule has 1 aromatic carbocycles. The Morgan fingerprint density at radius 3 is 2.81 bits per heavy atom. The van der Waals surface area contributed by atoms with Crippen LogP contribution in [0.5, 0.6) is 0 Å². The number of benzene rings is 1. The van der Waals surface area contributed by atoms with Gasteiger partial charge in [-0.1, -0.05) is 6.07 Å². The number of hydrogen-bond donors (Lipinski definition) is 3. The molecule has 2 rings (SSSR count). The molecule has 0 saturated carbocycles. The molecule has 0 spiro atoms. The summed E-state index contributed by atoms with van der Waals surface area (Å²) in [5, 5.41) is 9.59. The van der Waals surface area contributed by atoms with Gasteiger partial charge in [-0.25, -0.2) is 4.79 Å². The number of amides is 1. The fourth-order valence-corrected chi connectivity index (χ4v) is 2.30. The van der Waals surface area contributed by atoms with Crippen LogP contribution >= 0.6 is 0 Å². The number of carbonyl (C=O) groups excluding carboxylic acids is 1. The van der Waals surface area contributed by atoms with Gasteiger partial charge in [0.15, 0.2) is 0 Å². The maximum absolute atomic E-state index is 11.7. The van der Waals surface area contributed by atoms with E-state index in [2.05, 4.69) is 16.0 Å². The molecule has 0 aliphatic carbocycles. The van der Waals surface area contributed by atoms with Gasteiger partial charge in [-0.15, -0.1) is 0 Å². The van der Waals surface area contributed by atoms with E-state index in [1.165, 1.54) is 12.8 Å². The number of hydrogen-bond acceptors (Lipinski definition) is 4. The zero-order valence-corrected chi connectivity index (χ0v) is 13.0. The van der Waals surface area contributed by atoms with Gasteiger partial charge in [-0.05, 0) is 58.4 Å². The third-order valence-corrected chi connectivity index (χ3v) is 3.22. The first-order chi connectivity index (χ1) is 9.92. The Morgan fingerprint density at radius 2 is 2.14 bits per heavy atom. The quantitative estimate of drug-likeness (QED) is 0.797. The van der Waals surface area contributed by atoms with Crippen LogP contribution in [0.25, 0.3) is 0 Å². The molecule has 1 fully saturated rings. The highest BCUT2D eigenvalue weighted by Gasteiger charge is 2.16. The normalized spacial score (nSPS) is 18.3. The summed E-state index contributed by atoms with van der Waals surface area (Å²) in [7, 11) is 0. The van der Waals surface area contributed by atoms with Crippen LogP contribution in [-0.4, -0.2) is 30.8 Å². The van der Waals surface area contributed by atoms with E-state index in [1.54, 1.807) is 0 Å². The molecule has 3 N–H and O–H groups in total. The van der Waals surface area contributed by atoms with Crippen molar-refractivity contribution in [2.24, 2.45) is 0 Å². The van der Waals surface area contributed by atoms with E-state index in [4.69, 9.17) is 4.74 Å². The number of anilines is 2. The van der Waals surface area contributed by atoms with Crippen molar-refractivity contribution in [3.63, 3.8) is 0 Å². The van der Waals surface area contributed by atoms with Gasteiger partial charge in [-0.3, -0.25) is 5.32 Å². The second kappa shape index (κ2) is 6.80. The lowest BCUT2D eigenvalue weighted by molar-refractivity contribution is 0.0636. The molecule has 0 bridgehead atoms. The molecule has 1 amide bonds. The monoisotopic (exact) mass is 291 g/mol. The summed E-state index contributed by atoms with van der Waals surface area (Å²) in [6, 6.07) is 8.21. The zero-order chi connectivity index (χ0) is 15.3. The van der Waals surface area contributed by atoms with E-state index in [0.29, 0.717) is 6.04 Å². The molecule has 0 aromatic heterocycles. The van der Waals surface area contributed by atoms with Gasteiger partial charge in [0, 0.05) is 24.0 Å². The van der Waals surface area contributed by atoms with Crippen LogP contribution in [-0.2, 0) is 4.74 Å². The van der Waals surface area contributed by atoms with E-state index in [1.807, 2.05) is 45.0 Å². The van der Waals surface area contributed by atoms with Crippen LogP contribution in [0, 0.1) is 0 Å². The van der Waals surface area contributed by atoms with E-state index < -0.39 is 11.7 Å². The van der Waals surface area contributed by atoms with E-state index in [-0.39, 0.29) is 0 Å². The summed E-state index contributed by atoms with van der Waals surface area (Å²) in [5.74, 6) is 0. The second-order valence-electron chi connectivity index (χ2n) is 6.38. The minimum atomic E-state index is -0.492. The molecule has 21 heavy (non-hydrogen) atoms. The molecule has 5 heteroatoms. The standard InChI is InChI=1S/C16H25N3O2/c1-16(2,3)21-15(20)19-13-7-4-6-12(10-13)18-11-14-8-5-9-17-14/h4,6-7,10,14,17-18H,5,8-9,11H2,1-3H3,(H,19,20). The van der Waals surface area contributed by atoms with Gasteiger partial charge in [-0.2, -0.15) is 0 Å². The fourth-order valence-electron chi connectivity index (χ4n) is 2.30. The fraction of sp³-hybridized carbons (Fsp3) is 0.562.